The summed E-state index contributed by atoms with van der Waals surface area (Å²) in [7, 11) is -1.63. The third-order valence-corrected chi connectivity index (χ3v) is 2.31. The van der Waals surface area contributed by atoms with Crippen molar-refractivity contribution in [3.63, 3.8) is 0 Å². The van der Waals surface area contributed by atoms with Gasteiger partial charge in [0.1, 0.15) is 5.75 Å². The van der Waals surface area contributed by atoms with Gasteiger partial charge in [0.2, 0.25) is 0 Å². The number of halogens is 2. The molecule has 1 aromatic carbocycles. The van der Waals surface area contributed by atoms with Crippen LogP contribution in [0.5, 0.6) is 5.75 Å². The Morgan fingerprint density at radius 1 is 1.20 bits per heavy atom. The Morgan fingerprint density at radius 2 is 1.80 bits per heavy atom. The second-order valence-corrected chi connectivity index (χ2v) is 4.16. The smallest absolute Gasteiger partial charge is 0.489 e. The van der Waals surface area contributed by atoms with Gasteiger partial charge in [0.15, 0.2) is 0 Å². The fourth-order valence-corrected chi connectivity index (χ4v) is 1.61. The molecule has 15 heavy (non-hydrogen) atoms. The monoisotopic (exact) mass is 248 g/mol. The number of ether oxygens (including phenoxy) is 1. The lowest BCUT2D eigenvalue weighted by Gasteiger charge is -2.13. The Kier molecular flexibility index (Phi) is 4.28. The van der Waals surface area contributed by atoms with Crippen LogP contribution < -0.4 is 10.2 Å². The van der Waals surface area contributed by atoms with Crippen LogP contribution in [0.4, 0.5) is 0 Å². The first kappa shape index (κ1) is 12.7. The van der Waals surface area contributed by atoms with Gasteiger partial charge in [-0.2, -0.15) is 0 Å². The minimum Gasteiger partial charge on any atom is -0.489 e. The molecule has 0 spiro atoms. The summed E-state index contributed by atoms with van der Waals surface area (Å²) in [6.07, 6.45) is -0.0487. The molecule has 0 aromatic heterocycles. The molecular weight excluding hydrogens is 238 g/mol. The maximum absolute atomic E-state index is 9.03. The highest BCUT2D eigenvalue weighted by atomic mass is 35.5. The minimum atomic E-state index is -1.63. The maximum Gasteiger partial charge on any atom is 0.490 e. The first-order chi connectivity index (χ1) is 6.91. The van der Waals surface area contributed by atoms with E-state index in [0.29, 0.717) is 10.8 Å². The van der Waals surface area contributed by atoms with Crippen LogP contribution in [0.15, 0.2) is 12.1 Å². The molecule has 0 fully saturated rings. The molecule has 0 aliphatic heterocycles. The van der Waals surface area contributed by atoms with Crippen LogP contribution in [0.3, 0.4) is 0 Å². The highest BCUT2D eigenvalue weighted by molar-refractivity contribution is 6.63. The molecule has 0 aliphatic rings. The first-order valence-corrected chi connectivity index (χ1v) is 5.19. The standard InChI is InChI=1S/C9H11BCl2O3/c1-5(2)15-9-3-6(10(13)14)7(11)4-8(9)12/h3-5,13-14H,1-2H3. The number of benzene rings is 1. The molecule has 3 nitrogen and oxygen atoms in total. The van der Waals surface area contributed by atoms with Crippen molar-refractivity contribution in [3.8, 4) is 5.75 Å². The lowest BCUT2D eigenvalue weighted by atomic mass is 9.80. The Labute approximate surface area is 98.7 Å². The Balaban J connectivity index is 3.11. The van der Waals surface area contributed by atoms with Gasteiger partial charge in [0.05, 0.1) is 11.1 Å². The molecule has 0 bridgehead atoms. The molecule has 6 heteroatoms. The molecule has 0 unspecified atom stereocenters. The van der Waals surface area contributed by atoms with Crippen molar-refractivity contribution in [1.29, 1.82) is 0 Å². The zero-order chi connectivity index (χ0) is 11.6. The van der Waals surface area contributed by atoms with E-state index in [4.69, 9.17) is 38.0 Å². The van der Waals surface area contributed by atoms with Crippen LogP contribution >= 0.6 is 23.2 Å². The fourth-order valence-electron chi connectivity index (χ4n) is 1.09. The largest absolute Gasteiger partial charge is 0.490 e. The molecule has 1 rings (SSSR count). The van der Waals surface area contributed by atoms with Crippen molar-refractivity contribution in [1.82, 2.24) is 0 Å². The fraction of sp³-hybridized carbons (Fsp3) is 0.333. The van der Waals surface area contributed by atoms with Crippen molar-refractivity contribution in [2.24, 2.45) is 0 Å². The van der Waals surface area contributed by atoms with Gasteiger partial charge >= 0.3 is 7.12 Å². The molecule has 0 amide bonds. The van der Waals surface area contributed by atoms with E-state index >= 15 is 0 Å². The van der Waals surface area contributed by atoms with Gasteiger partial charge in [0, 0.05) is 10.5 Å². The van der Waals surface area contributed by atoms with E-state index in [-0.39, 0.29) is 16.6 Å². The second kappa shape index (κ2) is 5.08. The molecule has 0 aliphatic carbocycles. The van der Waals surface area contributed by atoms with Gasteiger partial charge in [-0.15, -0.1) is 0 Å². The number of hydrogen-bond acceptors (Lipinski definition) is 3. The summed E-state index contributed by atoms with van der Waals surface area (Å²) in [6, 6.07) is 2.85. The van der Waals surface area contributed by atoms with Crippen LogP contribution in [0.2, 0.25) is 10.0 Å². The van der Waals surface area contributed by atoms with Gasteiger partial charge in [-0.3, -0.25) is 0 Å². The van der Waals surface area contributed by atoms with E-state index in [2.05, 4.69) is 0 Å². The summed E-state index contributed by atoms with van der Waals surface area (Å²) in [6.45, 7) is 3.69. The SMILES string of the molecule is CC(C)Oc1cc(B(O)O)c(Cl)cc1Cl. The molecule has 0 radical (unpaired) electrons. The van der Waals surface area contributed by atoms with Gasteiger partial charge in [-0.05, 0) is 26.0 Å². The van der Waals surface area contributed by atoms with Gasteiger partial charge in [-0.25, -0.2) is 0 Å². The Morgan fingerprint density at radius 3 is 2.27 bits per heavy atom. The average Bonchev–Trinajstić information content (AvgIpc) is 2.08. The van der Waals surface area contributed by atoms with Crippen molar-refractivity contribution in [2.45, 2.75) is 20.0 Å². The molecule has 0 heterocycles. The minimum absolute atomic E-state index is 0.0487. The highest BCUT2D eigenvalue weighted by Gasteiger charge is 2.18. The third kappa shape index (κ3) is 3.28. The molecule has 0 atom stereocenters. The molecule has 82 valence electrons. The summed E-state index contributed by atoms with van der Waals surface area (Å²) in [4.78, 5) is 0. The summed E-state index contributed by atoms with van der Waals surface area (Å²) < 4.78 is 5.38. The number of hydrogen-bond donors (Lipinski definition) is 2. The lowest BCUT2D eigenvalue weighted by Crippen LogP contribution is -2.31. The van der Waals surface area contributed by atoms with Crippen LogP contribution in [0.1, 0.15) is 13.8 Å². The van der Waals surface area contributed by atoms with Crippen LogP contribution in [0.25, 0.3) is 0 Å². The lowest BCUT2D eigenvalue weighted by molar-refractivity contribution is 0.242. The Bertz CT molecular complexity index is 355. The van der Waals surface area contributed by atoms with E-state index in [1.807, 2.05) is 13.8 Å². The summed E-state index contributed by atoms with van der Waals surface area (Å²) >= 11 is 11.7. The van der Waals surface area contributed by atoms with E-state index < -0.39 is 7.12 Å². The van der Waals surface area contributed by atoms with E-state index in [1.54, 1.807) is 0 Å². The van der Waals surface area contributed by atoms with Crippen LogP contribution in [-0.2, 0) is 0 Å². The average molecular weight is 249 g/mol. The first-order valence-electron chi connectivity index (χ1n) is 4.43. The van der Waals surface area contributed by atoms with E-state index in [1.165, 1.54) is 12.1 Å². The summed E-state index contributed by atoms with van der Waals surface area (Å²) in [5.74, 6) is 0.388. The molecule has 0 saturated heterocycles. The summed E-state index contributed by atoms with van der Waals surface area (Å²) in [5.41, 5.74) is 0.178. The van der Waals surface area contributed by atoms with Crippen LogP contribution in [0, 0.1) is 0 Å². The predicted molar refractivity (Wildman–Crippen MR) is 62.1 cm³/mol. The molecule has 1 aromatic rings. The normalized spacial score (nSPS) is 10.6. The van der Waals surface area contributed by atoms with Crippen molar-refractivity contribution < 1.29 is 14.8 Å². The molecule has 2 N–H and O–H groups in total. The Hall–Kier alpha value is -0.415. The quantitative estimate of drug-likeness (QED) is 0.797. The third-order valence-electron chi connectivity index (χ3n) is 1.69. The van der Waals surface area contributed by atoms with E-state index in [0.717, 1.165) is 0 Å². The van der Waals surface area contributed by atoms with Crippen LogP contribution in [-0.4, -0.2) is 23.3 Å². The predicted octanol–water partition coefficient (Wildman–Crippen LogP) is 1.46. The molecule has 0 saturated carbocycles. The zero-order valence-corrected chi connectivity index (χ0v) is 9.88. The topological polar surface area (TPSA) is 49.7 Å². The number of rotatable bonds is 3. The van der Waals surface area contributed by atoms with Gasteiger partial charge < -0.3 is 14.8 Å². The summed E-state index contributed by atoms with van der Waals surface area (Å²) in [5, 5.41) is 18.6. The van der Waals surface area contributed by atoms with Crippen molar-refractivity contribution in [3.05, 3.63) is 22.2 Å². The van der Waals surface area contributed by atoms with Gasteiger partial charge in [-0.1, -0.05) is 23.2 Å². The second-order valence-electron chi connectivity index (χ2n) is 3.34. The zero-order valence-electron chi connectivity index (χ0n) is 8.37. The highest BCUT2D eigenvalue weighted by Crippen LogP contribution is 2.27. The van der Waals surface area contributed by atoms with E-state index in [9.17, 15) is 0 Å². The maximum atomic E-state index is 9.03. The van der Waals surface area contributed by atoms with Gasteiger partial charge in [0.25, 0.3) is 0 Å². The molecular formula is C9H11BCl2O3. The van der Waals surface area contributed by atoms with Crippen molar-refractivity contribution in [2.75, 3.05) is 0 Å². The van der Waals surface area contributed by atoms with Crippen molar-refractivity contribution >= 4 is 35.8 Å².